The van der Waals surface area contributed by atoms with E-state index in [1.54, 1.807) is 0 Å². The maximum Gasteiger partial charge on any atom is 0.306 e. The Morgan fingerprint density at radius 1 is 0.348 bits per heavy atom. The van der Waals surface area contributed by atoms with E-state index in [1.807, 2.05) is 0 Å². The molecule has 66 heavy (non-hydrogen) atoms. The Labute approximate surface area is 410 Å². The van der Waals surface area contributed by atoms with E-state index in [9.17, 15) is 14.4 Å². The Morgan fingerprint density at radius 2 is 0.636 bits per heavy atom. The van der Waals surface area contributed by atoms with Gasteiger partial charge in [-0.2, -0.15) is 0 Å². The van der Waals surface area contributed by atoms with Gasteiger partial charge in [0.05, 0.1) is 0 Å². The molecule has 0 fully saturated rings. The number of allylic oxidation sites excluding steroid dienone is 6. The fourth-order valence-electron chi connectivity index (χ4n) is 8.51. The van der Waals surface area contributed by atoms with Gasteiger partial charge in [-0.3, -0.25) is 14.4 Å². The average molecular weight is 928 g/mol. The van der Waals surface area contributed by atoms with Crippen LogP contribution >= 0.6 is 0 Å². The zero-order valence-electron chi connectivity index (χ0n) is 44.7. The van der Waals surface area contributed by atoms with Gasteiger partial charge in [-0.05, 0) is 94.8 Å². The maximum atomic E-state index is 12.9. The van der Waals surface area contributed by atoms with Crippen LogP contribution in [0.5, 0.6) is 0 Å². The summed E-state index contributed by atoms with van der Waals surface area (Å²) in [4.78, 5) is 38.2. The fourth-order valence-corrected chi connectivity index (χ4v) is 8.51. The maximum absolute atomic E-state index is 12.9. The number of unbranched alkanes of at least 4 members (excludes halogenated alkanes) is 24. The molecule has 0 rings (SSSR count). The van der Waals surface area contributed by atoms with Gasteiger partial charge in [0.2, 0.25) is 0 Å². The SMILES string of the molecule is CCCCCCC(C)C/C=C/CCCCCCCC(=O)OCC(COC(=O)CCCCCCC/C=C/CC(C)CCCCCC)OC(=O)CCCCCCC/C=C/CC(C)CCCCCC. The van der Waals surface area contributed by atoms with E-state index in [-0.39, 0.29) is 31.1 Å². The number of hydrogen-bond acceptors (Lipinski definition) is 6. The van der Waals surface area contributed by atoms with Gasteiger partial charge in [0.25, 0.3) is 0 Å². The summed E-state index contributed by atoms with van der Waals surface area (Å²) in [6.07, 6.45) is 57.1. The van der Waals surface area contributed by atoms with Gasteiger partial charge < -0.3 is 14.2 Å². The van der Waals surface area contributed by atoms with Crippen molar-refractivity contribution in [2.75, 3.05) is 13.2 Å². The molecule has 3 unspecified atom stereocenters. The molecule has 0 heterocycles. The quantitative estimate of drug-likeness (QED) is 0.0262. The number of carbonyl (C=O) groups excluding carboxylic acids is 3. The predicted molar refractivity (Wildman–Crippen MR) is 284 cm³/mol. The first-order chi connectivity index (χ1) is 32.2. The lowest BCUT2D eigenvalue weighted by molar-refractivity contribution is -0.167. The van der Waals surface area contributed by atoms with Crippen molar-refractivity contribution < 1.29 is 28.6 Å². The third-order valence-corrected chi connectivity index (χ3v) is 13.2. The number of carbonyl (C=O) groups is 3. The fraction of sp³-hybridized carbons (Fsp3) is 0.850. The minimum absolute atomic E-state index is 0.0843. The van der Waals surface area contributed by atoms with Crippen LogP contribution in [-0.4, -0.2) is 37.2 Å². The van der Waals surface area contributed by atoms with Gasteiger partial charge in [-0.15, -0.1) is 0 Å². The molecule has 0 bridgehead atoms. The van der Waals surface area contributed by atoms with Crippen LogP contribution in [-0.2, 0) is 28.6 Å². The molecule has 0 amide bonds. The van der Waals surface area contributed by atoms with Crippen molar-refractivity contribution in [2.24, 2.45) is 17.8 Å². The summed E-state index contributed by atoms with van der Waals surface area (Å²) in [5, 5.41) is 0. The summed E-state index contributed by atoms with van der Waals surface area (Å²) in [6.45, 7) is 13.7. The van der Waals surface area contributed by atoms with E-state index in [4.69, 9.17) is 14.2 Å². The second kappa shape index (κ2) is 50.5. The summed E-state index contributed by atoms with van der Waals surface area (Å²) in [5.74, 6) is 1.43. The minimum Gasteiger partial charge on any atom is -0.462 e. The number of hydrogen-bond donors (Lipinski definition) is 0. The van der Waals surface area contributed by atoms with Crippen LogP contribution in [0.15, 0.2) is 36.5 Å². The first-order valence-electron chi connectivity index (χ1n) is 28.7. The van der Waals surface area contributed by atoms with Crippen LogP contribution in [0.25, 0.3) is 0 Å². The molecular weight excluding hydrogens is 817 g/mol. The highest BCUT2D eigenvalue weighted by Gasteiger charge is 2.19. The van der Waals surface area contributed by atoms with Crippen LogP contribution in [0, 0.1) is 17.8 Å². The van der Waals surface area contributed by atoms with Gasteiger partial charge >= 0.3 is 17.9 Å². The highest BCUT2D eigenvalue weighted by atomic mass is 16.6. The summed E-state index contributed by atoms with van der Waals surface area (Å²) in [7, 11) is 0. The number of ether oxygens (including phenoxy) is 3. The molecule has 3 atom stereocenters. The molecule has 386 valence electrons. The van der Waals surface area contributed by atoms with Crippen molar-refractivity contribution >= 4 is 17.9 Å². The van der Waals surface area contributed by atoms with Gasteiger partial charge in [0.15, 0.2) is 6.10 Å². The molecule has 0 aliphatic carbocycles. The van der Waals surface area contributed by atoms with Crippen LogP contribution in [0.3, 0.4) is 0 Å². The third kappa shape index (κ3) is 48.1. The van der Waals surface area contributed by atoms with Crippen LogP contribution in [0.2, 0.25) is 0 Å². The molecule has 0 aromatic carbocycles. The number of rotatable bonds is 50. The molecule has 0 aliphatic heterocycles. The Morgan fingerprint density at radius 3 is 0.970 bits per heavy atom. The van der Waals surface area contributed by atoms with E-state index in [1.165, 1.54) is 148 Å². The largest absolute Gasteiger partial charge is 0.462 e. The molecular formula is C60H110O6. The summed E-state index contributed by atoms with van der Waals surface area (Å²) < 4.78 is 16.9. The molecule has 0 saturated carbocycles. The Kier molecular flexibility index (Phi) is 48.7. The third-order valence-electron chi connectivity index (χ3n) is 13.2. The summed E-state index contributed by atoms with van der Waals surface area (Å²) in [5.41, 5.74) is 0. The summed E-state index contributed by atoms with van der Waals surface area (Å²) in [6, 6.07) is 0. The van der Waals surface area contributed by atoms with E-state index in [0.717, 1.165) is 101 Å². The van der Waals surface area contributed by atoms with Crippen molar-refractivity contribution in [1.82, 2.24) is 0 Å². The lowest BCUT2D eigenvalue weighted by atomic mass is 9.99. The zero-order valence-corrected chi connectivity index (χ0v) is 44.7. The van der Waals surface area contributed by atoms with Gasteiger partial charge in [0, 0.05) is 19.3 Å². The minimum atomic E-state index is -0.787. The highest BCUT2D eigenvalue weighted by Crippen LogP contribution is 2.18. The van der Waals surface area contributed by atoms with Crippen LogP contribution < -0.4 is 0 Å². The first kappa shape index (κ1) is 63.6. The first-order valence-corrected chi connectivity index (χ1v) is 28.7. The normalized spacial score (nSPS) is 13.7. The lowest BCUT2D eigenvalue weighted by Gasteiger charge is -2.18. The standard InChI is InChI=1S/C60H110O6/c1-7-10-13-34-43-54(4)46-37-28-22-16-19-25-31-40-49-58(61)64-52-57(66-60(63)51-42-33-27-21-18-24-30-39-48-56(6)45-36-15-12-9-3)53-65-59(62)50-41-32-26-20-17-23-29-38-47-55(5)44-35-14-11-8-2/h28-30,37-39,54-57H,7-27,31-36,40-53H2,1-6H3/b37-28+,38-29+,39-30+. The van der Waals surface area contributed by atoms with Crippen molar-refractivity contribution in [3.63, 3.8) is 0 Å². The molecule has 0 aromatic rings. The molecule has 0 N–H and O–H groups in total. The van der Waals surface area contributed by atoms with Gasteiger partial charge in [0.1, 0.15) is 13.2 Å². The molecule has 0 aliphatic rings. The Bertz CT molecular complexity index is 1100. The van der Waals surface area contributed by atoms with Crippen molar-refractivity contribution in [3.05, 3.63) is 36.5 Å². The molecule has 0 radical (unpaired) electrons. The van der Waals surface area contributed by atoms with E-state index in [2.05, 4.69) is 78.0 Å². The predicted octanol–water partition coefficient (Wildman–Crippen LogP) is 18.8. The van der Waals surface area contributed by atoms with Crippen LogP contribution in [0.4, 0.5) is 0 Å². The monoisotopic (exact) mass is 927 g/mol. The highest BCUT2D eigenvalue weighted by molar-refractivity contribution is 5.71. The van der Waals surface area contributed by atoms with E-state index in [0.29, 0.717) is 19.3 Å². The van der Waals surface area contributed by atoms with Crippen molar-refractivity contribution in [1.29, 1.82) is 0 Å². The van der Waals surface area contributed by atoms with E-state index >= 15 is 0 Å². The second-order valence-corrected chi connectivity index (χ2v) is 20.4. The second-order valence-electron chi connectivity index (χ2n) is 20.4. The molecule has 0 aromatic heterocycles. The topological polar surface area (TPSA) is 78.9 Å². The molecule has 0 saturated heterocycles. The molecule has 6 heteroatoms. The Balaban J connectivity index is 4.51. The Hall–Kier alpha value is -2.37. The number of esters is 3. The van der Waals surface area contributed by atoms with E-state index < -0.39 is 6.10 Å². The molecule has 0 spiro atoms. The average Bonchev–Trinajstić information content (AvgIpc) is 3.30. The zero-order chi connectivity index (χ0) is 48.4. The van der Waals surface area contributed by atoms with Gasteiger partial charge in [-0.1, -0.05) is 232 Å². The van der Waals surface area contributed by atoms with Crippen molar-refractivity contribution in [3.8, 4) is 0 Å². The van der Waals surface area contributed by atoms with Crippen LogP contribution in [0.1, 0.15) is 292 Å². The molecule has 6 nitrogen and oxygen atoms in total. The lowest BCUT2D eigenvalue weighted by Crippen LogP contribution is -2.30. The van der Waals surface area contributed by atoms with Gasteiger partial charge in [-0.25, -0.2) is 0 Å². The smallest absolute Gasteiger partial charge is 0.306 e. The van der Waals surface area contributed by atoms with Crippen molar-refractivity contribution in [2.45, 2.75) is 298 Å². The summed E-state index contributed by atoms with van der Waals surface area (Å²) >= 11 is 0.